The number of ether oxygens (including phenoxy) is 3. The van der Waals surface area contributed by atoms with Crippen LogP contribution in [0.15, 0.2) is 24.5 Å². The summed E-state index contributed by atoms with van der Waals surface area (Å²) in [5, 5.41) is 11.1. The first-order chi connectivity index (χ1) is 10.1. The highest BCUT2D eigenvalue weighted by Gasteiger charge is 2.20. The van der Waals surface area contributed by atoms with E-state index in [-0.39, 0.29) is 28.9 Å². The van der Waals surface area contributed by atoms with Crippen LogP contribution in [0.25, 0.3) is 0 Å². The van der Waals surface area contributed by atoms with Crippen molar-refractivity contribution >= 4 is 11.5 Å². The molecule has 0 fully saturated rings. The standard InChI is InChI=1S/C12H12N4O5/c1-19-7-3-4-9(8(5-7)16(17)18)21-12-10(20-2)11(13)14-6-15-12/h3-6H,1-2H3,(H2,13,14,15). The molecule has 0 saturated carbocycles. The summed E-state index contributed by atoms with van der Waals surface area (Å²) in [5.41, 5.74) is 5.35. The number of benzene rings is 1. The number of nitro benzene ring substituents is 1. The largest absolute Gasteiger partial charge is 0.496 e. The molecule has 0 aliphatic rings. The van der Waals surface area contributed by atoms with Crippen molar-refractivity contribution in [1.29, 1.82) is 0 Å². The molecule has 0 spiro atoms. The highest BCUT2D eigenvalue weighted by Crippen LogP contribution is 2.38. The Labute approximate surface area is 119 Å². The molecule has 0 aliphatic carbocycles. The fourth-order valence-corrected chi connectivity index (χ4v) is 1.59. The maximum atomic E-state index is 11.1. The van der Waals surface area contributed by atoms with Crippen LogP contribution < -0.4 is 19.9 Å². The molecule has 1 aromatic heterocycles. The SMILES string of the molecule is COc1ccc(Oc2ncnc(N)c2OC)c([N+](=O)[O-])c1. The molecule has 0 saturated heterocycles. The maximum absolute atomic E-state index is 11.1. The number of nitrogens with zero attached hydrogens (tertiary/aromatic N) is 3. The molecule has 9 heteroatoms. The molecule has 9 nitrogen and oxygen atoms in total. The monoisotopic (exact) mass is 292 g/mol. The first-order valence-corrected chi connectivity index (χ1v) is 5.71. The summed E-state index contributed by atoms with van der Waals surface area (Å²) in [6.07, 6.45) is 1.17. The van der Waals surface area contributed by atoms with E-state index < -0.39 is 4.92 Å². The van der Waals surface area contributed by atoms with Gasteiger partial charge < -0.3 is 19.9 Å². The van der Waals surface area contributed by atoms with Gasteiger partial charge in [0.2, 0.25) is 11.5 Å². The van der Waals surface area contributed by atoms with Gasteiger partial charge in [0, 0.05) is 0 Å². The van der Waals surface area contributed by atoms with E-state index in [0.29, 0.717) is 5.75 Å². The van der Waals surface area contributed by atoms with Crippen LogP contribution in [0, 0.1) is 10.1 Å². The highest BCUT2D eigenvalue weighted by atomic mass is 16.6. The van der Waals surface area contributed by atoms with E-state index in [1.807, 2.05) is 0 Å². The fraction of sp³-hybridized carbons (Fsp3) is 0.167. The Morgan fingerprint density at radius 1 is 1.24 bits per heavy atom. The second-order valence-corrected chi connectivity index (χ2v) is 3.79. The maximum Gasteiger partial charge on any atom is 0.315 e. The van der Waals surface area contributed by atoms with Crippen LogP contribution >= 0.6 is 0 Å². The molecule has 0 unspecified atom stereocenters. The van der Waals surface area contributed by atoms with Crippen LogP contribution in [0.3, 0.4) is 0 Å². The number of hydrogen-bond donors (Lipinski definition) is 1. The third-order valence-corrected chi connectivity index (χ3v) is 2.57. The summed E-state index contributed by atoms with van der Waals surface area (Å²) < 4.78 is 15.4. The Balaban J connectivity index is 2.44. The van der Waals surface area contributed by atoms with Crippen molar-refractivity contribution in [3.63, 3.8) is 0 Å². The average Bonchev–Trinajstić information content (AvgIpc) is 2.47. The number of anilines is 1. The minimum absolute atomic E-state index is 0.0155. The average molecular weight is 292 g/mol. The van der Waals surface area contributed by atoms with Gasteiger partial charge in [-0.15, -0.1) is 0 Å². The molecule has 1 heterocycles. The number of rotatable bonds is 5. The van der Waals surface area contributed by atoms with Crippen molar-refractivity contribution in [2.45, 2.75) is 0 Å². The summed E-state index contributed by atoms with van der Waals surface area (Å²) >= 11 is 0. The Morgan fingerprint density at radius 2 is 2.00 bits per heavy atom. The lowest BCUT2D eigenvalue weighted by Crippen LogP contribution is -2.01. The van der Waals surface area contributed by atoms with Gasteiger partial charge in [0.15, 0.2) is 5.82 Å². The van der Waals surface area contributed by atoms with Gasteiger partial charge in [0.05, 0.1) is 25.2 Å². The second kappa shape index (κ2) is 5.90. The van der Waals surface area contributed by atoms with Gasteiger partial charge in [-0.2, -0.15) is 4.98 Å². The summed E-state index contributed by atoms with van der Waals surface area (Å²) in [6, 6.07) is 4.17. The number of hydrogen-bond acceptors (Lipinski definition) is 8. The topological polar surface area (TPSA) is 123 Å². The van der Waals surface area contributed by atoms with Gasteiger partial charge in [-0.25, -0.2) is 4.98 Å². The van der Waals surface area contributed by atoms with Gasteiger partial charge in [0.25, 0.3) is 5.88 Å². The van der Waals surface area contributed by atoms with E-state index in [1.165, 1.54) is 38.7 Å². The third-order valence-electron chi connectivity index (χ3n) is 2.57. The first-order valence-electron chi connectivity index (χ1n) is 5.71. The smallest absolute Gasteiger partial charge is 0.315 e. The number of nitro groups is 1. The number of nitrogens with two attached hydrogens (primary N) is 1. The van der Waals surface area contributed by atoms with Crippen LogP contribution in [-0.4, -0.2) is 29.1 Å². The number of aromatic nitrogens is 2. The third kappa shape index (κ3) is 2.91. The number of methoxy groups -OCH3 is 2. The van der Waals surface area contributed by atoms with Crippen LogP contribution in [0.4, 0.5) is 11.5 Å². The molecular weight excluding hydrogens is 280 g/mol. The molecule has 0 radical (unpaired) electrons. The first kappa shape index (κ1) is 14.3. The van der Waals surface area contributed by atoms with Crippen LogP contribution in [0.5, 0.6) is 23.1 Å². The molecule has 2 N–H and O–H groups in total. The van der Waals surface area contributed by atoms with Crippen molar-refractivity contribution in [2.24, 2.45) is 0 Å². The molecular formula is C12H12N4O5. The molecule has 2 rings (SSSR count). The van der Waals surface area contributed by atoms with E-state index >= 15 is 0 Å². The number of nitrogen functional groups attached to an aromatic ring is 1. The van der Waals surface area contributed by atoms with E-state index in [0.717, 1.165) is 0 Å². The van der Waals surface area contributed by atoms with Crippen molar-refractivity contribution in [2.75, 3.05) is 20.0 Å². The molecule has 110 valence electrons. The zero-order valence-corrected chi connectivity index (χ0v) is 11.3. The summed E-state index contributed by atoms with van der Waals surface area (Å²) in [6.45, 7) is 0. The summed E-state index contributed by atoms with van der Waals surface area (Å²) in [4.78, 5) is 18.1. The highest BCUT2D eigenvalue weighted by molar-refractivity contribution is 5.56. The second-order valence-electron chi connectivity index (χ2n) is 3.79. The molecule has 0 atom stereocenters. The minimum atomic E-state index is -0.588. The quantitative estimate of drug-likeness (QED) is 0.653. The van der Waals surface area contributed by atoms with Crippen LogP contribution in [0.2, 0.25) is 0 Å². The molecule has 1 aromatic carbocycles. The predicted octanol–water partition coefficient (Wildman–Crippen LogP) is 1.78. The molecule has 0 amide bonds. The Kier molecular flexibility index (Phi) is 4.02. The van der Waals surface area contributed by atoms with Gasteiger partial charge in [0.1, 0.15) is 12.1 Å². The molecule has 0 aliphatic heterocycles. The Morgan fingerprint density at radius 3 is 2.62 bits per heavy atom. The molecule has 21 heavy (non-hydrogen) atoms. The lowest BCUT2D eigenvalue weighted by atomic mass is 10.3. The van der Waals surface area contributed by atoms with Crippen molar-refractivity contribution in [3.8, 4) is 23.1 Å². The molecule has 2 aromatic rings. The normalized spacial score (nSPS) is 10.0. The van der Waals surface area contributed by atoms with Crippen molar-refractivity contribution < 1.29 is 19.1 Å². The predicted molar refractivity (Wildman–Crippen MR) is 72.7 cm³/mol. The fourth-order valence-electron chi connectivity index (χ4n) is 1.59. The lowest BCUT2D eigenvalue weighted by Gasteiger charge is -2.10. The van der Waals surface area contributed by atoms with E-state index in [2.05, 4.69) is 9.97 Å². The zero-order valence-electron chi connectivity index (χ0n) is 11.3. The van der Waals surface area contributed by atoms with Gasteiger partial charge in [-0.1, -0.05) is 0 Å². The zero-order chi connectivity index (χ0) is 15.4. The lowest BCUT2D eigenvalue weighted by molar-refractivity contribution is -0.385. The van der Waals surface area contributed by atoms with Gasteiger partial charge in [-0.3, -0.25) is 10.1 Å². The van der Waals surface area contributed by atoms with Crippen LogP contribution in [0.1, 0.15) is 0 Å². The molecule has 0 bridgehead atoms. The Hall–Kier alpha value is -3.10. The van der Waals surface area contributed by atoms with Gasteiger partial charge >= 0.3 is 5.69 Å². The summed E-state index contributed by atoms with van der Waals surface area (Å²) in [7, 11) is 2.78. The van der Waals surface area contributed by atoms with E-state index in [4.69, 9.17) is 19.9 Å². The van der Waals surface area contributed by atoms with Gasteiger partial charge in [-0.05, 0) is 12.1 Å². The minimum Gasteiger partial charge on any atom is -0.496 e. The van der Waals surface area contributed by atoms with E-state index in [9.17, 15) is 10.1 Å². The summed E-state index contributed by atoms with van der Waals surface area (Å²) in [5.74, 6) is 0.472. The Bertz CT molecular complexity index is 677. The van der Waals surface area contributed by atoms with E-state index in [1.54, 1.807) is 0 Å². The van der Waals surface area contributed by atoms with Crippen molar-refractivity contribution in [3.05, 3.63) is 34.6 Å². The van der Waals surface area contributed by atoms with Crippen LogP contribution in [-0.2, 0) is 0 Å². The van der Waals surface area contributed by atoms with Crippen molar-refractivity contribution in [1.82, 2.24) is 9.97 Å².